The lowest BCUT2D eigenvalue weighted by Gasteiger charge is -2.33. The summed E-state index contributed by atoms with van der Waals surface area (Å²) in [6.45, 7) is 3.20. The molecule has 2 N–H and O–H groups in total. The van der Waals surface area contributed by atoms with Crippen molar-refractivity contribution in [1.82, 2.24) is 15.0 Å². The van der Waals surface area contributed by atoms with Gasteiger partial charge < -0.3 is 15.5 Å². The Hall–Kier alpha value is -1.59. The van der Waals surface area contributed by atoms with Gasteiger partial charge in [0.05, 0.1) is 0 Å². The van der Waals surface area contributed by atoms with Crippen LogP contribution in [0.5, 0.6) is 0 Å². The molecular formula is C11H20N6. The highest BCUT2D eigenvalue weighted by Gasteiger charge is 2.22. The van der Waals surface area contributed by atoms with E-state index in [-0.39, 0.29) is 5.95 Å². The van der Waals surface area contributed by atoms with Gasteiger partial charge in [-0.15, -0.1) is 0 Å². The number of hydrogen-bond acceptors (Lipinski definition) is 6. The Balaban J connectivity index is 2.30. The third-order valence-electron chi connectivity index (χ3n) is 3.09. The minimum Gasteiger partial charge on any atom is -0.368 e. The van der Waals surface area contributed by atoms with Gasteiger partial charge in [-0.25, -0.2) is 0 Å². The number of rotatable bonds is 2. The molecule has 6 heteroatoms. The van der Waals surface area contributed by atoms with E-state index in [0.717, 1.165) is 6.54 Å². The summed E-state index contributed by atoms with van der Waals surface area (Å²) in [5.74, 6) is 1.61. The second kappa shape index (κ2) is 4.73. The lowest BCUT2D eigenvalue weighted by Crippen LogP contribution is -2.39. The van der Waals surface area contributed by atoms with Crippen molar-refractivity contribution in [2.75, 3.05) is 36.2 Å². The molecule has 1 aliphatic heterocycles. The molecule has 0 aromatic carbocycles. The first-order valence-corrected chi connectivity index (χ1v) is 6.03. The van der Waals surface area contributed by atoms with Gasteiger partial charge in [0.2, 0.25) is 17.8 Å². The van der Waals surface area contributed by atoms with Crippen molar-refractivity contribution in [2.45, 2.75) is 32.2 Å². The van der Waals surface area contributed by atoms with Gasteiger partial charge in [-0.05, 0) is 26.2 Å². The highest BCUT2D eigenvalue weighted by molar-refractivity contribution is 5.43. The van der Waals surface area contributed by atoms with Crippen LogP contribution >= 0.6 is 0 Å². The zero-order chi connectivity index (χ0) is 12.4. The molecule has 0 spiro atoms. The van der Waals surface area contributed by atoms with Crippen LogP contribution in [-0.2, 0) is 0 Å². The van der Waals surface area contributed by atoms with Crippen LogP contribution in [-0.4, -0.2) is 41.6 Å². The monoisotopic (exact) mass is 236 g/mol. The second-order valence-electron chi connectivity index (χ2n) is 4.73. The summed E-state index contributed by atoms with van der Waals surface area (Å²) in [4.78, 5) is 16.9. The van der Waals surface area contributed by atoms with E-state index >= 15 is 0 Å². The molecule has 1 aliphatic rings. The zero-order valence-electron chi connectivity index (χ0n) is 10.7. The van der Waals surface area contributed by atoms with Gasteiger partial charge in [0, 0.05) is 26.7 Å². The number of anilines is 3. The standard InChI is InChI=1S/C11H20N6/c1-8-6-4-5-7-17(8)11-14-9(12)13-10(15-11)16(2)3/h8H,4-7H2,1-3H3,(H2,12,13,14,15). The molecule has 0 aliphatic carbocycles. The molecule has 1 unspecified atom stereocenters. The van der Waals surface area contributed by atoms with E-state index in [4.69, 9.17) is 5.73 Å². The van der Waals surface area contributed by atoms with Crippen molar-refractivity contribution in [3.05, 3.63) is 0 Å². The summed E-state index contributed by atoms with van der Waals surface area (Å²) >= 11 is 0. The molecule has 1 atom stereocenters. The smallest absolute Gasteiger partial charge is 0.232 e. The molecule has 1 saturated heterocycles. The van der Waals surface area contributed by atoms with Gasteiger partial charge in [0.25, 0.3) is 0 Å². The molecule has 0 saturated carbocycles. The SMILES string of the molecule is CC1CCCCN1c1nc(N)nc(N(C)C)n1. The van der Waals surface area contributed by atoms with E-state index in [9.17, 15) is 0 Å². The van der Waals surface area contributed by atoms with Crippen LogP contribution in [0, 0.1) is 0 Å². The van der Waals surface area contributed by atoms with Crippen molar-refractivity contribution in [2.24, 2.45) is 0 Å². The van der Waals surface area contributed by atoms with Crippen molar-refractivity contribution in [1.29, 1.82) is 0 Å². The van der Waals surface area contributed by atoms with Crippen LogP contribution < -0.4 is 15.5 Å². The third-order valence-corrected chi connectivity index (χ3v) is 3.09. The predicted molar refractivity (Wildman–Crippen MR) is 69.2 cm³/mol. The maximum atomic E-state index is 5.73. The van der Waals surface area contributed by atoms with Crippen molar-refractivity contribution >= 4 is 17.8 Å². The molecule has 1 fully saturated rings. The second-order valence-corrected chi connectivity index (χ2v) is 4.73. The lowest BCUT2D eigenvalue weighted by molar-refractivity contribution is 0.477. The molecule has 2 rings (SSSR count). The van der Waals surface area contributed by atoms with Crippen LogP contribution in [0.3, 0.4) is 0 Å². The molecular weight excluding hydrogens is 216 g/mol. The number of nitrogens with zero attached hydrogens (tertiary/aromatic N) is 5. The number of piperidine rings is 1. The normalized spacial score (nSPS) is 20.4. The summed E-state index contributed by atoms with van der Waals surface area (Å²) < 4.78 is 0. The minimum atomic E-state index is 0.288. The zero-order valence-corrected chi connectivity index (χ0v) is 10.7. The van der Waals surface area contributed by atoms with Gasteiger partial charge in [0.15, 0.2) is 0 Å². The molecule has 0 amide bonds. The molecule has 0 bridgehead atoms. The Bertz CT molecular complexity index is 392. The number of aromatic nitrogens is 3. The maximum Gasteiger partial charge on any atom is 0.232 e. The number of nitrogens with two attached hydrogens (primary N) is 1. The van der Waals surface area contributed by atoms with Crippen LogP contribution in [0.15, 0.2) is 0 Å². The van der Waals surface area contributed by atoms with E-state index in [1.807, 2.05) is 19.0 Å². The Labute approximate surface area is 102 Å². The fourth-order valence-electron chi connectivity index (χ4n) is 2.09. The summed E-state index contributed by atoms with van der Waals surface area (Å²) in [6.07, 6.45) is 3.65. The Morgan fingerprint density at radius 2 is 2.00 bits per heavy atom. The Kier molecular flexibility index (Phi) is 3.31. The molecule has 2 heterocycles. The average molecular weight is 236 g/mol. The lowest BCUT2D eigenvalue weighted by atomic mass is 10.0. The minimum absolute atomic E-state index is 0.288. The first kappa shape index (κ1) is 11.9. The third kappa shape index (κ3) is 2.57. The van der Waals surface area contributed by atoms with E-state index in [1.165, 1.54) is 19.3 Å². The molecule has 1 aromatic heterocycles. The average Bonchev–Trinajstić information content (AvgIpc) is 2.28. The maximum absolute atomic E-state index is 5.73. The first-order chi connectivity index (χ1) is 8.08. The summed E-state index contributed by atoms with van der Waals surface area (Å²) in [7, 11) is 3.80. The van der Waals surface area contributed by atoms with Crippen LogP contribution in [0.2, 0.25) is 0 Å². The molecule has 6 nitrogen and oxygen atoms in total. The summed E-state index contributed by atoms with van der Waals surface area (Å²) in [6, 6.07) is 0.473. The van der Waals surface area contributed by atoms with E-state index in [1.54, 1.807) is 0 Å². The topological polar surface area (TPSA) is 71.2 Å². The highest BCUT2D eigenvalue weighted by atomic mass is 15.3. The fraction of sp³-hybridized carbons (Fsp3) is 0.727. The van der Waals surface area contributed by atoms with Crippen LogP contribution in [0.25, 0.3) is 0 Å². The Morgan fingerprint density at radius 1 is 1.24 bits per heavy atom. The van der Waals surface area contributed by atoms with Crippen LogP contribution in [0.4, 0.5) is 17.8 Å². The quantitative estimate of drug-likeness (QED) is 0.822. The fourth-order valence-corrected chi connectivity index (χ4v) is 2.09. The van der Waals surface area contributed by atoms with Gasteiger partial charge in [0.1, 0.15) is 0 Å². The van der Waals surface area contributed by atoms with E-state index < -0.39 is 0 Å². The molecule has 1 aromatic rings. The van der Waals surface area contributed by atoms with Gasteiger partial charge in [-0.2, -0.15) is 15.0 Å². The number of nitrogen functional groups attached to an aromatic ring is 1. The predicted octanol–water partition coefficient (Wildman–Crippen LogP) is 0.899. The first-order valence-electron chi connectivity index (χ1n) is 6.03. The molecule has 0 radical (unpaired) electrons. The van der Waals surface area contributed by atoms with E-state index in [0.29, 0.717) is 17.9 Å². The van der Waals surface area contributed by atoms with Crippen molar-refractivity contribution in [3.63, 3.8) is 0 Å². The van der Waals surface area contributed by atoms with Crippen molar-refractivity contribution in [3.8, 4) is 0 Å². The van der Waals surface area contributed by atoms with Gasteiger partial charge >= 0.3 is 0 Å². The van der Waals surface area contributed by atoms with Gasteiger partial charge in [-0.1, -0.05) is 0 Å². The molecule has 94 valence electrons. The van der Waals surface area contributed by atoms with Gasteiger partial charge in [-0.3, -0.25) is 0 Å². The Morgan fingerprint density at radius 3 is 2.65 bits per heavy atom. The van der Waals surface area contributed by atoms with E-state index in [2.05, 4.69) is 26.8 Å². The largest absolute Gasteiger partial charge is 0.368 e. The number of hydrogen-bond donors (Lipinski definition) is 1. The highest BCUT2D eigenvalue weighted by Crippen LogP contribution is 2.22. The summed E-state index contributed by atoms with van der Waals surface area (Å²) in [5, 5.41) is 0. The molecule has 17 heavy (non-hydrogen) atoms. The van der Waals surface area contributed by atoms with Crippen LogP contribution in [0.1, 0.15) is 26.2 Å². The van der Waals surface area contributed by atoms with Crippen molar-refractivity contribution < 1.29 is 0 Å². The summed E-state index contributed by atoms with van der Waals surface area (Å²) in [5.41, 5.74) is 5.73.